The highest BCUT2D eigenvalue weighted by molar-refractivity contribution is 7.71. The van der Waals surface area contributed by atoms with Gasteiger partial charge in [-0.05, 0) is 42.5 Å². The van der Waals surface area contributed by atoms with Crippen molar-refractivity contribution in [3.05, 3.63) is 52.8 Å². The minimum Gasteiger partial charge on any atom is -0.467 e. The molecule has 0 spiro atoms. The molecule has 1 atom stereocenters. The SMILES string of the molecule is O=C(c1ccc2[nH]c(=S)oc2c1)N1CCOC(c2ccco2)C1. The van der Waals surface area contributed by atoms with Crippen LogP contribution in [-0.2, 0) is 4.74 Å². The van der Waals surface area contributed by atoms with Crippen LogP contribution in [0.3, 0.4) is 0 Å². The van der Waals surface area contributed by atoms with Gasteiger partial charge in [0.25, 0.3) is 10.7 Å². The highest BCUT2D eigenvalue weighted by Crippen LogP contribution is 2.24. The monoisotopic (exact) mass is 330 g/mol. The molecular formula is C16H14N2O4S. The van der Waals surface area contributed by atoms with Crippen LogP contribution in [0.2, 0.25) is 0 Å². The highest BCUT2D eigenvalue weighted by Gasteiger charge is 2.27. The Morgan fingerprint density at radius 2 is 2.26 bits per heavy atom. The van der Waals surface area contributed by atoms with Crippen molar-refractivity contribution in [3.8, 4) is 0 Å². The lowest BCUT2D eigenvalue weighted by Gasteiger charge is -2.32. The number of nitrogens with one attached hydrogen (secondary N) is 1. The number of nitrogens with zero attached hydrogens (tertiary/aromatic N) is 1. The summed E-state index contributed by atoms with van der Waals surface area (Å²) in [5, 5.41) is 0. The van der Waals surface area contributed by atoms with Crippen molar-refractivity contribution in [1.82, 2.24) is 9.88 Å². The van der Waals surface area contributed by atoms with E-state index in [1.807, 2.05) is 12.1 Å². The first kappa shape index (κ1) is 14.2. The number of hydrogen-bond donors (Lipinski definition) is 1. The van der Waals surface area contributed by atoms with Crippen molar-refractivity contribution >= 4 is 29.2 Å². The third-order valence-electron chi connectivity index (χ3n) is 3.88. The number of aromatic nitrogens is 1. The van der Waals surface area contributed by atoms with Gasteiger partial charge in [0.1, 0.15) is 11.9 Å². The van der Waals surface area contributed by atoms with Crippen LogP contribution in [0.25, 0.3) is 11.1 Å². The van der Waals surface area contributed by atoms with Crippen molar-refractivity contribution < 1.29 is 18.4 Å². The number of rotatable bonds is 2. The second-order valence-electron chi connectivity index (χ2n) is 5.35. The van der Waals surface area contributed by atoms with Crippen LogP contribution in [0.15, 0.2) is 45.4 Å². The summed E-state index contributed by atoms with van der Waals surface area (Å²) < 4.78 is 16.4. The minimum absolute atomic E-state index is 0.0610. The van der Waals surface area contributed by atoms with Crippen molar-refractivity contribution in [2.24, 2.45) is 0 Å². The Hall–Kier alpha value is -2.38. The minimum atomic E-state index is -0.234. The lowest BCUT2D eigenvalue weighted by atomic mass is 10.1. The number of oxazole rings is 1. The van der Waals surface area contributed by atoms with E-state index in [1.54, 1.807) is 29.4 Å². The van der Waals surface area contributed by atoms with E-state index in [4.69, 9.17) is 25.8 Å². The van der Waals surface area contributed by atoms with Crippen LogP contribution < -0.4 is 0 Å². The molecule has 0 aliphatic carbocycles. The van der Waals surface area contributed by atoms with Crippen molar-refractivity contribution in [2.45, 2.75) is 6.10 Å². The van der Waals surface area contributed by atoms with Gasteiger partial charge in [0.2, 0.25) is 0 Å². The van der Waals surface area contributed by atoms with Gasteiger partial charge in [-0.3, -0.25) is 4.79 Å². The van der Waals surface area contributed by atoms with E-state index in [9.17, 15) is 4.79 Å². The predicted molar refractivity (Wildman–Crippen MR) is 84.7 cm³/mol. The van der Waals surface area contributed by atoms with Crippen LogP contribution >= 0.6 is 12.2 Å². The van der Waals surface area contributed by atoms with Gasteiger partial charge >= 0.3 is 0 Å². The molecule has 23 heavy (non-hydrogen) atoms. The summed E-state index contributed by atoms with van der Waals surface area (Å²) in [4.78, 5) is 17.7. The van der Waals surface area contributed by atoms with Crippen LogP contribution in [0.4, 0.5) is 0 Å². The fraction of sp³-hybridized carbons (Fsp3) is 0.250. The van der Waals surface area contributed by atoms with E-state index < -0.39 is 0 Å². The van der Waals surface area contributed by atoms with Gasteiger partial charge in [0, 0.05) is 12.1 Å². The van der Waals surface area contributed by atoms with Crippen molar-refractivity contribution in [1.29, 1.82) is 0 Å². The molecule has 6 nitrogen and oxygen atoms in total. The number of H-pyrrole nitrogens is 1. The molecule has 1 aromatic carbocycles. The Labute approximate surface area is 136 Å². The maximum absolute atomic E-state index is 12.7. The van der Waals surface area contributed by atoms with Gasteiger partial charge in [-0.15, -0.1) is 0 Å². The molecule has 1 aliphatic rings. The molecule has 118 valence electrons. The number of furan rings is 1. The van der Waals surface area contributed by atoms with Gasteiger partial charge in [0.15, 0.2) is 5.58 Å². The van der Waals surface area contributed by atoms with E-state index in [2.05, 4.69) is 4.98 Å². The first-order valence-electron chi connectivity index (χ1n) is 7.28. The second kappa shape index (κ2) is 5.68. The largest absolute Gasteiger partial charge is 0.467 e. The lowest BCUT2D eigenvalue weighted by Crippen LogP contribution is -2.42. The molecule has 3 heterocycles. The Morgan fingerprint density at radius 1 is 1.35 bits per heavy atom. The summed E-state index contributed by atoms with van der Waals surface area (Å²) in [6.07, 6.45) is 1.37. The van der Waals surface area contributed by atoms with Gasteiger partial charge in [-0.25, -0.2) is 0 Å². The Morgan fingerprint density at radius 3 is 3.09 bits per heavy atom. The lowest BCUT2D eigenvalue weighted by molar-refractivity contribution is -0.0321. The van der Waals surface area contributed by atoms with E-state index >= 15 is 0 Å². The zero-order valence-corrected chi connectivity index (χ0v) is 13.0. The number of carbonyl (C=O) groups excluding carboxylic acids is 1. The van der Waals surface area contributed by atoms with E-state index in [-0.39, 0.29) is 12.0 Å². The fourth-order valence-electron chi connectivity index (χ4n) is 2.74. The maximum atomic E-state index is 12.7. The fourth-order valence-corrected chi connectivity index (χ4v) is 2.94. The number of morpholine rings is 1. The molecule has 1 N–H and O–H groups in total. The van der Waals surface area contributed by atoms with Gasteiger partial charge < -0.3 is 23.5 Å². The summed E-state index contributed by atoms with van der Waals surface area (Å²) in [5.74, 6) is 0.670. The zero-order valence-electron chi connectivity index (χ0n) is 12.2. The number of carbonyl (C=O) groups is 1. The first-order valence-corrected chi connectivity index (χ1v) is 7.69. The maximum Gasteiger partial charge on any atom is 0.266 e. The van der Waals surface area contributed by atoms with Crippen LogP contribution in [0, 0.1) is 4.84 Å². The number of aromatic amines is 1. The quantitative estimate of drug-likeness (QED) is 0.730. The molecule has 2 aromatic heterocycles. The molecule has 1 unspecified atom stereocenters. The molecule has 3 aromatic rings. The van der Waals surface area contributed by atoms with Gasteiger partial charge in [-0.2, -0.15) is 0 Å². The number of fused-ring (bicyclic) bond motifs is 1. The van der Waals surface area contributed by atoms with Crippen LogP contribution in [0.5, 0.6) is 0 Å². The molecule has 1 saturated heterocycles. The first-order chi connectivity index (χ1) is 11.2. The molecule has 4 rings (SSSR count). The molecule has 1 amide bonds. The van der Waals surface area contributed by atoms with E-state index in [0.29, 0.717) is 35.7 Å². The van der Waals surface area contributed by atoms with Crippen molar-refractivity contribution in [2.75, 3.05) is 19.7 Å². The predicted octanol–water partition coefficient (Wildman–Crippen LogP) is 3.30. The average molecular weight is 330 g/mol. The average Bonchev–Trinajstić information content (AvgIpc) is 3.22. The molecule has 7 heteroatoms. The molecule has 0 radical (unpaired) electrons. The zero-order chi connectivity index (χ0) is 15.8. The summed E-state index contributed by atoms with van der Waals surface area (Å²) in [5.41, 5.74) is 1.93. The molecule has 1 fully saturated rings. The van der Waals surface area contributed by atoms with Crippen LogP contribution in [-0.4, -0.2) is 35.5 Å². The topological polar surface area (TPSA) is 71.6 Å². The molecule has 0 bridgehead atoms. The molecule has 1 aliphatic heterocycles. The van der Waals surface area contributed by atoms with Crippen molar-refractivity contribution in [3.63, 3.8) is 0 Å². The third-order valence-corrected chi connectivity index (χ3v) is 4.07. The third kappa shape index (κ3) is 2.69. The molecular weight excluding hydrogens is 316 g/mol. The second-order valence-corrected chi connectivity index (χ2v) is 5.72. The number of benzene rings is 1. The van der Waals surface area contributed by atoms with E-state index in [0.717, 1.165) is 11.3 Å². The Balaban J connectivity index is 1.58. The summed E-state index contributed by atoms with van der Waals surface area (Å²) in [6.45, 7) is 1.48. The van der Waals surface area contributed by atoms with Gasteiger partial charge in [-0.1, -0.05) is 0 Å². The highest BCUT2D eigenvalue weighted by atomic mass is 32.1. The summed E-state index contributed by atoms with van der Waals surface area (Å²) >= 11 is 4.96. The number of ether oxygens (including phenoxy) is 1. The molecule has 0 saturated carbocycles. The normalized spacial score (nSPS) is 18.4. The van der Waals surface area contributed by atoms with Crippen LogP contribution in [0.1, 0.15) is 22.2 Å². The Kier molecular flexibility index (Phi) is 3.51. The number of amides is 1. The summed E-state index contributed by atoms with van der Waals surface area (Å²) in [6, 6.07) is 8.94. The summed E-state index contributed by atoms with van der Waals surface area (Å²) in [7, 11) is 0. The van der Waals surface area contributed by atoms with E-state index in [1.165, 1.54) is 0 Å². The standard InChI is InChI=1S/C16H14N2O4S/c19-15(10-3-4-11-13(8-10)22-16(23)17-11)18-5-7-21-14(9-18)12-2-1-6-20-12/h1-4,6,8,14H,5,7,9H2,(H,17,23). The Bertz CT molecular complexity index is 896. The number of hydrogen-bond acceptors (Lipinski definition) is 5. The smallest absolute Gasteiger partial charge is 0.266 e. The van der Waals surface area contributed by atoms with Gasteiger partial charge in [0.05, 0.1) is 24.9 Å².